The minimum atomic E-state index is 0.870. The lowest BCUT2D eigenvalue weighted by molar-refractivity contribution is 0.131. The summed E-state index contributed by atoms with van der Waals surface area (Å²) in [6.07, 6.45) is 9.44. The van der Waals surface area contributed by atoms with Crippen molar-refractivity contribution in [2.75, 3.05) is 7.05 Å². The summed E-state index contributed by atoms with van der Waals surface area (Å²) >= 11 is 0. The van der Waals surface area contributed by atoms with Gasteiger partial charge >= 0.3 is 0 Å². The Bertz CT molecular complexity index is 177. The Kier molecular flexibility index (Phi) is 2.68. The predicted molar refractivity (Wildman–Crippen MR) is 55.3 cm³/mol. The molecule has 0 radical (unpaired) electrons. The second-order valence-corrected chi connectivity index (χ2v) is 4.67. The zero-order valence-electron chi connectivity index (χ0n) is 8.50. The maximum Gasteiger partial charge on any atom is 0.00983 e. The van der Waals surface area contributed by atoms with Gasteiger partial charge in [0, 0.05) is 12.1 Å². The van der Waals surface area contributed by atoms with Crippen LogP contribution in [0, 0.1) is 11.3 Å². The molecule has 2 heteroatoms. The molecule has 0 aromatic carbocycles. The molecule has 2 rings (SSSR count). The van der Waals surface area contributed by atoms with Crippen LogP contribution in [0.15, 0.2) is 0 Å². The lowest BCUT2D eigenvalue weighted by Crippen LogP contribution is -2.39. The topological polar surface area (TPSA) is 27.1 Å². The third kappa shape index (κ3) is 1.78. The maximum absolute atomic E-state index is 7.04. The first-order valence-corrected chi connectivity index (χ1v) is 5.52. The molecule has 0 aromatic heterocycles. The molecule has 2 saturated heterocycles. The van der Waals surface area contributed by atoms with Crippen LogP contribution in [0.3, 0.4) is 0 Å². The van der Waals surface area contributed by atoms with Crippen LogP contribution in [0.2, 0.25) is 0 Å². The molecule has 0 aromatic rings. The van der Waals surface area contributed by atoms with E-state index in [0.717, 1.165) is 24.4 Å². The summed E-state index contributed by atoms with van der Waals surface area (Å²) in [6, 6.07) is 1.74. The molecule has 2 atom stereocenters. The molecule has 13 heavy (non-hydrogen) atoms. The highest BCUT2D eigenvalue weighted by Crippen LogP contribution is 2.38. The van der Waals surface area contributed by atoms with Gasteiger partial charge in [0.05, 0.1) is 0 Å². The van der Waals surface area contributed by atoms with Crippen molar-refractivity contribution in [3.63, 3.8) is 0 Å². The van der Waals surface area contributed by atoms with Crippen molar-refractivity contribution >= 4 is 6.21 Å². The Balaban J connectivity index is 1.87. The van der Waals surface area contributed by atoms with Crippen LogP contribution in [-0.4, -0.2) is 30.2 Å². The molecule has 2 unspecified atom stereocenters. The normalized spacial score (nSPS) is 39.3. The minimum Gasteiger partial charge on any atom is -0.313 e. The van der Waals surface area contributed by atoms with E-state index in [-0.39, 0.29) is 0 Å². The fourth-order valence-corrected chi connectivity index (χ4v) is 3.08. The van der Waals surface area contributed by atoms with Crippen molar-refractivity contribution in [3.8, 4) is 0 Å². The number of rotatable bonds is 3. The standard InChI is InChI=1S/C11H20N2/c1-13-10-4-5-11(13)8-9(7-10)3-2-6-12/h6,9-12H,2-5,7-8H2,1H3. The number of fused-ring (bicyclic) bond motifs is 2. The van der Waals surface area contributed by atoms with Crippen LogP contribution in [0.4, 0.5) is 0 Å². The lowest BCUT2D eigenvalue weighted by atomic mass is 9.88. The van der Waals surface area contributed by atoms with Gasteiger partial charge in [0.2, 0.25) is 0 Å². The molecule has 0 spiro atoms. The van der Waals surface area contributed by atoms with E-state index in [4.69, 9.17) is 5.41 Å². The summed E-state index contributed by atoms with van der Waals surface area (Å²) in [4.78, 5) is 2.58. The van der Waals surface area contributed by atoms with E-state index < -0.39 is 0 Å². The summed E-state index contributed by atoms with van der Waals surface area (Å²) in [6.45, 7) is 0. The molecule has 0 amide bonds. The second kappa shape index (κ2) is 3.79. The van der Waals surface area contributed by atoms with Crippen LogP contribution >= 0.6 is 0 Å². The van der Waals surface area contributed by atoms with Crippen molar-refractivity contribution in [3.05, 3.63) is 0 Å². The first-order valence-electron chi connectivity index (χ1n) is 5.52. The van der Waals surface area contributed by atoms with Gasteiger partial charge in [0.25, 0.3) is 0 Å². The maximum atomic E-state index is 7.04. The zero-order valence-corrected chi connectivity index (χ0v) is 8.50. The van der Waals surface area contributed by atoms with Gasteiger partial charge in [0.15, 0.2) is 0 Å². The average molecular weight is 180 g/mol. The first kappa shape index (κ1) is 9.20. The van der Waals surface area contributed by atoms with Crippen molar-refractivity contribution in [1.82, 2.24) is 4.90 Å². The summed E-state index contributed by atoms with van der Waals surface area (Å²) in [7, 11) is 2.29. The van der Waals surface area contributed by atoms with Crippen LogP contribution in [0.1, 0.15) is 38.5 Å². The van der Waals surface area contributed by atoms with Gasteiger partial charge in [-0.25, -0.2) is 0 Å². The van der Waals surface area contributed by atoms with E-state index in [2.05, 4.69) is 11.9 Å². The number of hydrogen-bond donors (Lipinski definition) is 1. The van der Waals surface area contributed by atoms with E-state index in [1.54, 1.807) is 6.21 Å². The largest absolute Gasteiger partial charge is 0.313 e. The van der Waals surface area contributed by atoms with Crippen molar-refractivity contribution in [2.45, 2.75) is 50.6 Å². The third-order valence-corrected chi connectivity index (χ3v) is 3.92. The van der Waals surface area contributed by atoms with Crippen molar-refractivity contribution in [1.29, 1.82) is 5.41 Å². The van der Waals surface area contributed by atoms with E-state index in [1.165, 1.54) is 32.1 Å². The van der Waals surface area contributed by atoms with Crippen LogP contribution < -0.4 is 0 Å². The number of nitrogens with one attached hydrogen (secondary N) is 1. The highest BCUT2D eigenvalue weighted by Gasteiger charge is 2.37. The Morgan fingerprint density at radius 2 is 1.92 bits per heavy atom. The Hall–Kier alpha value is -0.370. The quantitative estimate of drug-likeness (QED) is 0.663. The second-order valence-electron chi connectivity index (χ2n) is 4.67. The summed E-state index contributed by atoms with van der Waals surface area (Å²) in [5.74, 6) is 0.912. The Morgan fingerprint density at radius 1 is 1.31 bits per heavy atom. The molecule has 2 aliphatic rings. The van der Waals surface area contributed by atoms with Crippen molar-refractivity contribution < 1.29 is 0 Å². The zero-order chi connectivity index (χ0) is 9.26. The fraction of sp³-hybridized carbons (Fsp3) is 0.909. The molecule has 2 aliphatic heterocycles. The predicted octanol–water partition coefficient (Wildman–Crippen LogP) is 2.29. The van der Waals surface area contributed by atoms with Crippen molar-refractivity contribution in [2.24, 2.45) is 5.92 Å². The minimum absolute atomic E-state index is 0.870. The summed E-state index contributed by atoms with van der Waals surface area (Å²) < 4.78 is 0. The van der Waals surface area contributed by atoms with Crippen LogP contribution in [-0.2, 0) is 0 Å². The SMILES string of the molecule is CN1C2CCC1CC(CCC=N)C2. The molecule has 2 nitrogen and oxygen atoms in total. The smallest absolute Gasteiger partial charge is 0.00983 e. The van der Waals surface area contributed by atoms with Gasteiger partial charge in [-0.15, -0.1) is 0 Å². The van der Waals surface area contributed by atoms with Crippen LogP contribution in [0.5, 0.6) is 0 Å². The van der Waals surface area contributed by atoms with E-state index in [9.17, 15) is 0 Å². The highest BCUT2D eigenvalue weighted by molar-refractivity contribution is 5.52. The fourth-order valence-electron chi connectivity index (χ4n) is 3.08. The molecule has 2 bridgehead atoms. The molecule has 0 saturated carbocycles. The van der Waals surface area contributed by atoms with Gasteiger partial charge in [-0.05, 0) is 57.7 Å². The van der Waals surface area contributed by atoms with Gasteiger partial charge < -0.3 is 10.3 Å². The van der Waals surface area contributed by atoms with E-state index in [0.29, 0.717) is 0 Å². The first-order chi connectivity index (χ1) is 6.31. The summed E-state index contributed by atoms with van der Waals surface area (Å²) in [5, 5.41) is 7.04. The molecular weight excluding hydrogens is 160 g/mol. The average Bonchev–Trinajstić information content (AvgIpc) is 2.41. The van der Waals surface area contributed by atoms with Gasteiger partial charge in [-0.2, -0.15) is 0 Å². The number of piperidine rings is 1. The number of nitrogens with zero attached hydrogens (tertiary/aromatic N) is 1. The van der Waals surface area contributed by atoms with Gasteiger partial charge in [-0.3, -0.25) is 0 Å². The summed E-state index contributed by atoms with van der Waals surface area (Å²) in [5.41, 5.74) is 0. The van der Waals surface area contributed by atoms with Gasteiger partial charge in [0.1, 0.15) is 0 Å². The molecule has 2 fully saturated rings. The van der Waals surface area contributed by atoms with Gasteiger partial charge in [-0.1, -0.05) is 0 Å². The third-order valence-electron chi connectivity index (χ3n) is 3.92. The number of hydrogen-bond acceptors (Lipinski definition) is 2. The monoisotopic (exact) mass is 180 g/mol. The molecular formula is C11H20N2. The van der Waals surface area contributed by atoms with E-state index in [1.807, 2.05) is 0 Å². The van der Waals surface area contributed by atoms with Crippen LogP contribution in [0.25, 0.3) is 0 Å². The molecule has 2 heterocycles. The Morgan fingerprint density at radius 3 is 2.46 bits per heavy atom. The molecule has 0 aliphatic carbocycles. The molecule has 74 valence electrons. The molecule has 1 N–H and O–H groups in total. The van der Waals surface area contributed by atoms with E-state index >= 15 is 0 Å². The lowest BCUT2D eigenvalue weighted by Gasteiger charge is -2.36. The Labute approximate surface area is 80.8 Å². The highest BCUT2D eigenvalue weighted by atomic mass is 15.2.